The lowest BCUT2D eigenvalue weighted by atomic mass is 10.3. The van der Waals surface area contributed by atoms with Gasteiger partial charge in [-0.1, -0.05) is 16.8 Å². The van der Waals surface area contributed by atoms with E-state index in [0.29, 0.717) is 23.0 Å². The molecule has 0 atom stereocenters. The third kappa shape index (κ3) is 4.17. The number of nitrogens with zero attached hydrogens (tertiary/aromatic N) is 4. The van der Waals surface area contributed by atoms with Crippen molar-refractivity contribution in [1.82, 2.24) is 20.0 Å². The summed E-state index contributed by atoms with van der Waals surface area (Å²) in [6.07, 6.45) is 3.18. The number of halogens is 3. The Labute approximate surface area is 152 Å². The lowest BCUT2D eigenvalue weighted by molar-refractivity contribution is -0.0497. The molecule has 3 rings (SSSR count). The molecule has 0 bridgehead atoms. The van der Waals surface area contributed by atoms with Gasteiger partial charge in [0.25, 0.3) is 5.88 Å². The average molecular weight is 383 g/mol. The lowest BCUT2D eigenvalue weighted by Gasteiger charge is -2.08. The number of ether oxygens (including phenoxy) is 3. The first kappa shape index (κ1) is 17.9. The van der Waals surface area contributed by atoms with Crippen molar-refractivity contribution in [3.8, 4) is 23.1 Å². The van der Waals surface area contributed by atoms with Gasteiger partial charge in [-0.15, -0.1) is 5.10 Å². The van der Waals surface area contributed by atoms with Crippen molar-refractivity contribution >= 4 is 11.6 Å². The monoisotopic (exact) mass is 382 g/mol. The zero-order valence-electron chi connectivity index (χ0n) is 13.5. The van der Waals surface area contributed by atoms with Crippen molar-refractivity contribution in [2.24, 2.45) is 0 Å². The smallest absolute Gasteiger partial charge is 0.387 e. The minimum atomic E-state index is -2.98. The highest BCUT2D eigenvalue weighted by molar-refractivity contribution is 6.32. The molecule has 0 aliphatic carbocycles. The molecule has 0 spiro atoms. The van der Waals surface area contributed by atoms with Crippen LogP contribution in [0.1, 0.15) is 5.69 Å². The third-order valence-corrected chi connectivity index (χ3v) is 3.55. The van der Waals surface area contributed by atoms with E-state index in [1.807, 2.05) is 0 Å². The number of pyridine rings is 1. The summed E-state index contributed by atoms with van der Waals surface area (Å²) in [7, 11) is 1.49. The summed E-state index contributed by atoms with van der Waals surface area (Å²) in [6, 6.07) is 7.81. The second-order valence-corrected chi connectivity index (χ2v) is 5.35. The molecule has 1 aromatic carbocycles. The van der Waals surface area contributed by atoms with E-state index in [4.69, 9.17) is 21.1 Å². The van der Waals surface area contributed by atoms with Crippen LogP contribution in [0.3, 0.4) is 0 Å². The second kappa shape index (κ2) is 7.96. The highest BCUT2D eigenvalue weighted by atomic mass is 35.5. The molecule has 26 heavy (non-hydrogen) atoms. The van der Waals surface area contributed by atoms with Crippen molar-refractivity contribution in [2.75, 3.05) is 7.11 Å². The second-order valence-electron chi connectivity index (χ2n) is 4.95. The van der Waals surface area contributed by atoms with Crippen LogP contribution in [0.2, 0.25) is 5.02 Å². The molecule has 0 fully saturated rings. The van der Waals surface area contributed by atoms with Crippen LogP contribution in [0.4, 0.5) is 8.78 Å². The maximum Gasteiger partial charge on any atom is 0.387 e. The van der Waals surface area contributed by atoms with Gasteiger partial charge in [0.1, 0.15) is 18.1 Å². The number of benzene rings is 1. The van der Waals surface area contributed by atoms with E-state index in [1.54, 1.807) is 30.6 Å². The Morgan fingerprint density at radius 1 is 1.23 bits per heavy atom. The minimum Gasteiger partial charge on any atom is -0.481 e. The summed E-state index contributed by atoms with van der Waals surface area (Å²) >= 11 is 5.84. The Morgan fingerprint density at radius 3 is 2.85 bits per heavy atom. The molecule has 136 valence electrons. The van der Waals surface area contributed by atoms with Gasteiger partial charge in [-0.25, -0.2) is 9.67 Å². The Hall–Kier alpha value is -2.94. The molecule has 0 saturated carbocycles. The predicted molar refractivity (Wildman–Crippen MR) is 88.1 cm³/mol. The van der Waals surface area contributed by atoms with Crippen LogP contribution in [-0.2, 0) is 6.61 Å². The van der Waals surface area contributed by atoms with Crippen molar-refractivity contribution < 1.29 is 23.0 Å². The van der Waals surface area contributed by atoms with Crippen LogP contribution in [0.25, 0.3) is 5.69 Å². The Morgan fingerprint density at radius 2 is 2.08 bits per heavy atom. The number of hydrogen-bond acceptors (Lipinski definition) is 6. The fraction of sp³-hybridized carbons (Fsp3) is 0.188. The summed E-state index contributed by atoms with van der Waals surface area (Å²) < 4.78 is 41.3. The van der Waals surface area contributed by atoms with Gasteiger partial charge in [-0.3, -0.25) is 0 Å². The molecular formula is C16H13ClF2N4O3. The molecule has 7 nitrogen and oxygen atoms in total. The quantitative estimate of drug-likeness (QED) is 0.622. The molecule has 2 heterocycles. The number of aromatic nitrogens is 4. The minimum absolute atomic E-state index is 0.0707. The molecule has 2 aromatic heterocycles. The number of hydrogen-bond donors (Lipinski definition) is 0. The normalized spacial score (nSPS) is 10.8. The van der Waals surface area contributed by atoms with E-state index >= 15 is 0 Å². The highest BCUT2D eigenvalue weighted by Gasteiger charge is 2.12. The summed E-state index contributed by atoms with van der Waals surface area (Å²) in [4.78, 5) is 4.03. The molecule has 0 N–H and O–H groups in total. The summed E-state index contributed by atoms with van der Waals surface area (Å²) in [5, 5.41) is 8.00. The fourth-order valence-corrected chi connectivity index (χ4v) is 2.26. The zero-order chi connectivity index (χ0) is 18.5. The van der Waals surface area contributed by atoms with Gasteiger partial charge >= 0.3 is 6.61 Å². The van der Waals surface area contributed by atoms with Crippen molar-refractivity contribution in [1.29, 1.82) is 0 Å². The molecule has 0 saturated heterocycles. The van der Waals surface area contributed by atoms with E-state index in [0.717, 1.165) is 0 Å². The maximum absolute atomic E-state index is 12.4. The first-order chi connectivity index (χ1) is 12.6. The van der Waals surface area contributed by atoms with Crippen LogP contribution in [0.5, 0.6) is 17.4 Å². The Kier molecular flexibility index (Phi) is 5.47. The molecular weight excluding hydrogens is 370 g/mol. The standard InChI is InChI=1S/C16H13ClF2N4O3/c1-24-15-13(3-2-6-20-15)25-9-10-8-23(22-21-10)11-4-5-12(17)14(7-11)26-16(18)19/h2-8,16H,9H2,1H3. The van der Waals surface area contributed by atoms with Gasteiger partial charge in [0.05, 0.1) is 24.0 Å². The maximum atomic E-state index is 12.4. The van der Waals surface area contributed by atoms with Gasteiger partial charge in [-0.2, -0.15) is 8.78 Å². The van der Waals surface area contributed by atoms with E-state index < -0.39 is 6.61 Å². The van der Waals surface area contributed by atoms with E-state index in [-0.39, 0.29) is 17.4 Å². The van der Waals surface area contributed by atoms with Gasteiger partial charge in [-0.05, 0) is 24.3 Å². The highest BCUT2D eigenvalue weighted by Crippen LogP contribution is 2.28. The SMILES string of the molecule is COc1ncccc1OCc1cn(-c2ccc(Cl)c(OC(F)F)c2)nn1. The number of rotatable bonds is 7. The average Bonchev–Trinajstić information content (AvgIpc) is 3.10. The molecule has 10 heteroatoms. The molecule has 0 amide bonds. The Balaban J connectivity index is 1.74. The van der Waals surface area contributed by atoms with Crippen molar-refractivity contribution in [2.45, 2.75) is 13.2 Å². The van der Waals surface area contributed by atoms with E-state index in [9.17, 15) is 8.78 Å². The summed E-state index contributed by atoms with van der Waals surface area (Å²) in [6.45, 7) is -2.85. The van der Waals surface area contributed by atoms with Crippen molar-refractivity contribution in [3.63, 3.8) is 0 Å². The van der Waals surface area contributed by atoms with Crippen LogP contribution in [0, 0.1) is 0 Å². The van der Waals surface area contributed by atoms with Gasteiger partial charge in [0, 0.05) is 12.3 Å². The number of methoxy groups -OCH3 is 1. The molecule has 3 aromatic rings. The van der Waals surface area contributed by atoms with E-state index in [2.05, 4.69) is 20.0 Å². The fourth-order valence-electron chi connectivity index (χ4n) is 2.10. The van der Waals surface area contributed by atoms with Crippen LogP contribution >= 0.6 is 11.6 Å². The third-order valence-electron chi connectivity index (χ3n) is 3.24. The lowest BCUT2D eigenvalue weighted by Crippen LogP contribution is -2.03. The molecule has 0 aliphatic heterocycles. The first-order valence-corrected chi connectivity index (χ1v) is 7.72. The van der Waals surface area contributed by atoms with Gasteiger partial charge < -0.3 is 14.2 Å². The molecule has 0 aliphatic rings. The molecule has 0 radical (unpaired) electrons. The topological polar surface area (TPSA) is 71.3 Å². The van der Waals surface area contributed by atoms with E-state index in [1.165, 1.54) is 23.9 Å². The van der Waals surface area contributed by atoms with Crippen molar-refractivity contribution in [3.05, 3.63) is 53.4 Å². The van der Waals surface area contributed by atoms with Gasteiger partial charge in [0.2, 0.25) is 0 Å². The predicted octanol–water partition coefficient (Wildman–Crippen LogP) is 3.50. The van der Waals surface area contributed by atoms with Gasteiger partial charge in [0.15, 0.2) is 5.75 Å². The van der Waals surface area contributed by atoms with Crippen LogP contribution in [-0.4, -0.2) is 33.7 Å². The van der Waals surface area contributed by atoms with Crippen LogP contribution < -0.4 is 14.2 Å². The number of alkyl halides is 2. The zero-order valence-corrected chi connectivity index (χ0v) is 14.2. The summed E-state index contributed by atoms with van der Waals surface area (Å²) in [5.74, 6) is 0.669. The largest absolute Gasteiger partial charge is 0.481 e. The first-order valence-electron chi connectivity index (χ1n) is 7.34. The Bertz CT molecular complexity index is 891. The van der Waals surface area contributed by atoms with Crippen LogP contribution in [0.15, 0.2) is 42.7 Å². The molecule has 0 unspecified atom stereocenters. The summed E-state index contributed by atoms with van der Waals surface area (Å²) in [5.41, 5.74) is 0.977.